The van der Waals surface area contributed by atoms with Crippen molar-refractivity contribution in [1.29, 1.82) is 0 Å². The number of hydrazine groups is 1. The van der Waals surface area contributed by atoms with Crippen LogP contribution in [0.5, 0.6) is 0 Å². The van der Waals surface area contributed by atoms with Gasteiger partial charge in [-0.05, 0) is 43.5 Å². The van der Waals surface area contributed by atoms with E-state index in [0.717, 1.165) is 49.0 Å². The highest BCUT2D eigenvalue weighted by Crippen LogP contribution is 2.34. The van der Waals surface area contributed by atoms with Gasteiger partial charge in [0.15, 0.2) is 0 Å². The van der Waals surface area contributed by atoms with Gasteiger partial charge >= 0.3 is 0 Å². The number of benzene rings is 2. The summed E-state index contributed by atoms with van der Waals surface area (Å²) in [6.45, 7) is 3.57. The Bertz CT molecular complexity index is 1110. The van der Waals surface area contributed by atoms with Crippen molar-refractivity contribution in [2.45, 2.75) is 19.8 Å². The largest absolute Gasteiger partial charge is 0.320 e. The number of pyridine rings is 1. The summed E-state index contributed by atoms with van der Waals surface area (Å²) in [4.78, 5) is 29.4. The number of aryl methyl sites for hydroxylation is 1. The molecule has 0 spiro atoms. The average Bonchev–Trinajstić information content (AvgIpc) is 3.25. The van der Waals surface area contributed by atoms with E-state index >= 15 is 0 Å². The Morgan fingerprint density at radius 2 is 1.80 bits per heavy atom. The standard InChI is InChI=1S/C22H20Cl2N4O2/c1-14-12-25-20-15(21(14)28(13-29)27-10-2-3-11-27)6-4-9-18(20)26-22(30)19-16(23)7-5-8-17(19)24/h4-9,12-13H,2-3,10-11H2,1H3,(H,26,30). The molecule has 0 unspecified atom stereocenters. The van der Waals surface area contributed by atoms with Gasteiger partial charge in [0.1, 0.15) is 0 Å². The van der Waals surface area contributed by atoms with E-state index in [2.05, 4.69) is 10.3 Å². The topological polar surface area (TPSA) is 65.5 Å². The van der Waals surface area contributed by atoms with Gasteiger partial charge in [-0.25, -0.2) is 10.0 Å². The number of halogens is 2. The van der Waals surface area contributed by atoms with Crippen LogP contribution in [0.25, 0.3) is 10.9 Å². The normalized spacial score (nSPS) is 14.1. The maximum Gasteiger partial charge on any atom is 0.258 e. The number of carbonyl (C=O) groups excluding carboxylic acids is 2. The lowest BCUT2D eigenvalue weighted by atomic mass is 10.1. The fourth-order valence-corrected chi connectivity index (χ4v) is 4.36. The molecule has 0 saturated carbocycles. The molecule has 2 amide bonds. The third-order valence-corrected chi connectivity index (χ3v) is 5.84. The molecule has 1 saturated heterocycles. The predicted molar refractivity (Wildman–Crippen MR) is 120 cm³/mol. The van der Waals surface area contributed by atoms with E-state index in [1.165, 1.54) is 0 Å². The third-order valence-electron chi connectivity index (χ3n) is 5.21. The van der Waals surface area contributed by atoms with E-state index in [1.807, 2.05) is 24.1 Å². The molecular weight excluding hydrogens is 423 g/mol. The molecule has 1 aliphatic heterocycles. The zero-order valence-electron chi connectivity index (χ0n) is 16.4. The van der Waals surface area contributed by atoms with E-state index in [4.69, 9.17) is 23.2 Å². The van der Waals surface area contributed by atoms with Crippen molar-refractivity contribution in [3.05, 3.63) is 63.8 Å². The van der Waals surface area contributed by atoms with Crippen molar-refractivity contribution < 1.29 is 9.59 Å². The summed E-state index contributed by atoms with van der Waals surface area (Å²) in [7, 11) is 0. The Morgan fingerprint density at radius 3 is 2.47 bits per heavy atom. The quantitative estimate of drug-likeness (QED) is 0.559. The Hall–Kier alpha value is -2.67. The zero-order chi connectivity index (χ0) is 21.3. The summed E-state index contributed by atoms with van der Waals surface area (Å²) in [5, 5.41) is 7.87. The molecule has 1 fully saturated rings. The summed E-state index contributed by atoms with van der Waals surface area (Å²) in [5.74, 6) is -0.422. The van der Waals surface area contributed by atoms with Crippen LogP contribution in [0.4, 0.5) is 11.4 Å². The number of carbonyl (C=O) groups is 2. The molecule has 0 radical (unpaired) electrons. The van der Waals surface area contributed by atoms with Crippen LogP contribution in [-0.2, 0) is 4.79 Å². The SMILES string of the molecule is Cc1cnc2c(NC(=O)c3c(Cl)cccc3Cl)cccc2c1N(C=O)N1CCCC1. The first-order chi connectivity index (χ1) is 14.5. The Kier molecular flexibility index (Phi) is 5.90. The van der Waals surface area contributed by atoms with Crippen molar-refractivity contribution in [3.8, 4) is 0 Å². The van der Waals surface area contributed by atoms with Crippen LogP contribution in [0, 0.1) is 6.92 Å². The minimum Gasteiger partial charge on any atom is -0.320 e. The lowest BCUT2D eigenvalue weighted by Crippen LogP contribution is -2.40. The van der Waals surface area contributed by atoms with E-state index in [-0.39, 0.29) is 15.6 Å². The molecule has 2 aromatic carbocycles. The van der Waals surface area contributed by atoms with Crippen molar-refractivity contribution in [3.63, 3.8) is 0 Å². The summed E-state index contributed by atoms with van der Waals surface area (Å²) in [5.41, 5.74) is 2.95. The third kappa shape index (κ3) is 3.74. The molecular formula is C22H20Cl2N4O2. The lowest BCUT2D eigenvalue weighted by Gasteiger charge is -2.30. The number of para-hydroxylation sites is 1. The minimum atomic E-state index is -0.422. The highest BCUT2D eigenvalue weighted by molar-refractivity contribution is 6.40. The molecule has 3 aromatic rings. The molecule has 1 N–H and O–H groups in total. The number of aromatic nitrogens is 1. The first-order valence-corrected chi connectivity index (χ1v) is 10.4. The van der Waals surface area contributed by atoms with Crippen LogP contribution >= 0.6 is 23.2 Å². The first-order valence-electron chi connectivity index (χ1n) is 9.64. The van der Waals surface area contributed by atoms with Crippen LogP contribution in [0.1, 0.15) is 28.8 Å². The van der Waals surface area contributed by atoms with Crippen molar-refractivity contribution in [1.82, 2.24) is 9.99 Å². The molecule has 0 atom stereocenters. The highest BCUT2D eigenvalue weighted by Gasteiger charge is 2.24. The first kappa shape index (κ1) is 20.6. The van der Waals surface area contributed by atoms with Gasteiger partial charge < -0.3 is 5.32 Å². The fraction of sp³-hybridized carbons (Fsp3) is 0.227. The number of anilines is 2. The van der Waals surface area contributed by atoms with Crippen LogP contribution in [0.2, 0.25) is 10.0 Å². The summed E-state index contributed by atoms with van der Waals surface area (Å²) >= 11 is 12.4. The summed E-state index contributed by atoms with van der Waals surface area (Å²) in [6.07, 6.45) is 4.64. The fourth-order valence-electron chi connectivity index (χ4n) is 3.79. The molecule has 154 valence electrons. The number of hydrogen-bond donors (Lipinski definition) is 1. The maximum atomic E-state index is 12.9. The van der Waals surface area contributed by atoms with Gasteiger partial charge in [-0.3, -0.25) is 14.6 Å². The van der Waals surface area contributed by atoms with E-state index < -0.39 is 5.91 Å². The van der Waals surface area contributed by atoms with Gasteiger partial charge in [-0.15, -0.1) is 0 Å². The summed E-state index contributed by atoms with van der Waals surface area (Å²) < 4.78 is 0. The number of nitrogens with zero attached hydrogens (tertiary/aromatic N) is 3. The van der Waals surface area contributed by atoms with Crippen LogP contribution in [0.15, 0.2) is 42.6 Å². The molecule has 4 rings (SSSR count). The van der Waals surface area contributed by atoms with Crippen LogP contribution in [0.3, 0.4) is 0 Å². The van der Waals surface area contributed by atoms with Gasteiger partial charge in [0, 0.05) is 24.7 Å². The number of nitrogens with one attached hydrogen (secondary N) is 1. The number of fused-ring (bicyclic) bond motifs is 1. The molecule has 0 bridgehead atoms. The number of rotatable bonds is 5. The average molecular weight is 443 g/mol. The highest BCUT2D eigenvalue weighted by atomic mass is 35.5. The van der Waals surface area contributed by atoms with Gasteiger partial charge in [0.05, 0.1) is 32.5 Å². The minimum absolute atomic E-state index is 0.205. The maximum absolute atomic E-state index is 12.9. The van der Waals surface area contributed by atoms with Gasteiger partial charge in [0.25, 0.3) is 5.91 Å². The van der Waals surface area contributed by atoms with Gasteiger partial charge in [0.2, 0.25) is 6.41 Å². The predicted octanol–water partition coefficient (Wildman–Crippen LogP) is 5.08. The molecule has 1 aliphatic rings. The second-order valence-corrected chi connectivity index (χ2v) is 7.97. The van der Waals surface area contributed by atoms with Crippen molar-refractivity contribution >= 4 is 57.8 Å². The second kappa shape index (κ2) is 8.60. The molecule has 2 heterocycles. The summed E-state index contributed by atoms with van der Waals surface area (Å²) in [6, 6.07) is 10.4. The molecule has 0 aliphatic carbocycles. The van der Waals surface area contributed by atoms with E-state index in [1.54, 1.807) is 35.5 Å². The van der Waals surface area contributed by atoms with Gasteiger partial charge in [-0.2, -0.15) is 0 Å². The van der Waals surface area contributed by atoms with E-state index in [0.29, 0.717) is 11.2 Å². The molecule has 1 aromatic heterocycles. The molecule has 6 nitrogen and oxygen atoms in total. The molecule has 30 heavy (non-hydrogen) atoms. The van der Waals surface area contributed by atoms with Crippen molar-refractivity contribution in [2.75, 3.05) is 23.4 Å². The second-order valence-electron chi connectivity index (χ2n) is 7.15. The van der Waals surface area contributed by atoms with Gasteiger partial charge in [-0.1, -0.05) is 41.4 Å². The Balaban J connectivity index is 1.78. The smallest absolute Gasteiger partial charge is 0.258 e. The lowest BCUT2D eigenvalue weighted by molar-refractivity contribution is -0.109. The van der Waals surface area contributed by atoms with Crippen LogP contribution in [-0.4, -0.2) is 35.4 Å². The molecule has 8 heteroatoms. The monoisotopic (exact) mass is 442 g/mol. The van der Waals surface area contributed by atoms with Crippen molar-refractivity contribution in [2.24, 2.45) is 0 Å². The number of hydrogen-bond acceptors (Lipinski definition) is 4. The number of amides is 2. The van der Waals surface area contributed by atoms with Crippen LogP contribution < -0.4 is 10.3 Å². The van der Waals surface area contributed by atoms with E-state index in [9.17, 15) is 9.59 Å². The Morgan fingerprint density at radius 1 is 1.13 bits per heavy atom. The zero-order valence-corrected chi connectivity index (χ0v) is 17.9. The Labute approximate surface area is 184 Å².